The number of rotatable bonds is 36. The lowest BCUT2D eigenvalue weighted by atomic mass is 9.98. The van der Waals surface area contributed by atoms with Crippen LogP contribution in [0.3, 0.4) is 0 Å². The van der Waals surface area contributed by atoms with Crippen molar-refractivity contribution in [3.63, 3.8) is 0 Å². The molecule has 0 unspecified atom stereocenters. The standard InChI is InChI=1S/C42H78N2O9/c1-7-11-15-19-23-27-37(45)44(33-41(49)50-32-31-43(5)6)42(34-51-38(46)28-24-20-16-12-8-2,35-52-39(47)29-25-21-17-13-9-3)36-53-40(48)30-26-22-18-14-10-4/h7-36H2,1-6H3. The molecular weight excluding hydrogens is 676 g/mol. The van der Waals surface area contributed by atoms with Gasteiger partial charge >= 0.3 is 23.9 Å². The van der Waals surface area contributed by atoms with Crippen LogP contribution in [0.1, 0.15) is 182 Å². The Bertz CT molecular complexity index is 898. The van der Waals surface area contributed by atoms with Crippen LogP contribution in [0.5, 0.6) is 0 Å². The largest absolute Gasteiger partial charge is 0.463 e. The number of hydrogen-bond donors (Lipinski definition) is 0. The van der Waals surface area contributed by atoms with Gasteiger partial charge in [0.2, 0.25) is 5.91 Å². The second-order valence-corrected chi connectivity index (χ2v) is 14.9. The molecule has 0 N–H and O–H groups in total. The highest BCUT2D eigenvalue weighted by atomic mass is 16.6. The monoisotopic (exact) mass is 755 g/mol. The van der Waals surface area contributed by atoms with Gasteiger partial charge in [0.15, 0.2) is 0 Å². The lowest BCUT2D eigenvalue weighted by Crippen LogP contribution is -2.62. The minimum atomic E-state index is -1.63. The molecule has 1 amide bonds. The van der Waals surface area contributed by atoms with Crippen LogP contribution in [0.15, 0.2) is 0 Å². The highest BCUT2D eigenvalue weighted by Gasteiger charge is 2.45. The predicted molar refractivity (Wildman–Crippen MR) is 210 cm³/mol. The number of nitrogens with zero attached hydrogens (tertiary/aromatic N) is 2. The number of unbranched alkanes of at least 4 members (excludes halogenated alkanes) is 16. The lowest BCUT2D eigenvalue weighted by molar-refractivity contribution is -0.175. The smallest absolute Gasteiger partial charge is 0.325 e. The molecule has 310 valence electrons. The number of amides is 1. The van der Waals surface area contributed by atoms with E-state index < -0.39 is 55.8 Å². The molecule has 0 rings (SSSR count). The molecule has 0 fully saturated rings. The molecule has 0 aliphatic heterocycles. The Kier molecular flexibility index (Phi) is 32.1. The van der Waals surface area contributed by atoms with Crippen LogP contribution in [-0.2, 0) is 42.9 Å². The summed E-state index contributed by atoms with van der Waals surface area (Å²) in [5.41, 5.74) is -1.63. The first-order chi connectivity index (χ1) is 25.5. The van der Waals surface area contributed by atoms with Gasteiger partial charge in [0.25, 0.3) is 0 Å². The van der Waals surface area contributed by atoms with Crippen LogP contribution < -0.4 is 0 Å². The van der Waals surface area contributed by atoms with E-state index in [0.717, 1.165) is 103 Å². The van der Waals surface area contributed by atoms with E-state index in [4.69, 9.17) is 18.9 Å². The van der Waals surface area contributed by atoms with Gasteiger partial charge in [-0.25, -0.2) is 0 Å². The Balaban J connectivity index is 6.53. The van der Waals surface area contributed by atoms with E-state index in [2.05, 4.69) is 27.7 Å². The number of hydrogen-bond acceptors (Lipinski definition) is 10. The molecule has 0 atom stereocenters. The minimum Gasteiger partial charge on any atom is -0.463 e. The fourth-order valence-electron chi connectivity index (χ4n) is 5.89. The van der Waals surface area contributed by atoms with Crippen molar-refractivity contribution in [3.8, 4) is 0 Å². The van der Waals surface area contributed by atoms with E-state index in [1.54, 1.807) is 0 Å². The van der Waals surface area contributed by atoms with Crippen LogP contribution in [0, 0.1) is 0 Å². The fraction of sp³-hybridized carbons (Fsp3) is 0.881. The van der Waals surface area contributed by atoms with E-state index in [-0.39, 0.29) is 38.2 Å². The molecule has 0 aromatic rings. The zero-order valence-corrected chi connectivity index (χ0v) is 34.8. The Labute approximate surface area is 322 Å². The van der Waals surface area contributed by atoms with Crippen molar-refractivity contribution < 1.29 is 42.9 Å². The SMILES string of the molecule is CCCCCCCC(=O)OCC(COC(=O)CCCCCCC)(COC(=O)CCCCCCC)N(CC(=O)OCCN(C)C)C(=O)CCCCCCC. The maximum Gasteiger partial charge on any atom is 0.325 e. The lowest BCUT2D eigenvalue weighted by Gasteiger charge is -2.42. The summed E-state index contributed by atoms with van der Waals surface area (Å²) in [6.45, 7) is 7.43. The molecular formula is C42H78N2O9. The summed E-state index contributed by atoms with van der Waals surface area (Å²) < 4.78 is 23.0. The summed E-state index contributed by atoms with van der Waals surface area (Å²) in [5, 5.41) is 0. The zero-order valence-electron chi connectivity index (χ0n) is 34.8. The maximum absolute atomic E-state index is 14.2. The van der Waals surface area contributed by atoms with E-state index in [0.29, 0.717) is 32.2 Å². The third kappa shape index (κ3) is 27.5. The molecule has 0 aliphatic rings. The zero-order chi connectivity index (χ0) is 39.6. The topological polar surface area (TPSA) is 129 Å². The fourth-order valence-corrected chi connectivity index (χ4v) is 5.89. The van der Waals surface area contributed by atoms with Crippen LogP contribution in [0.25, 0.3) is 0 Å². The molecule has 0 aliphatic carbocycles. The van der Waals surface area contributed by atoms with Gasteiger partial charge < -0.3 is 28.7 Å². The number of ether oxygens (including phenoxy) is 4. The van der Waals surface area contributed by atoms with Gasteiger partial charge in [-0.05, 0) is 39.8 Å². The second-order valence-electron chi connectivity index (χ2n) is 14.9. The Morgan fingerprint density at radius 3 is 1.11 bits per heavy atom. The third-order valence-corrected chi connectivity index (χ3v) is 9.42. The van der Waals surface area contributed by atoms with Crippen molar-refractivity contribution in [2.45, 2.75) is 187 Å². The molecule has 53 heavy (non-hydrogen) atoms. The van der Waals surface area contributed by atoms with E-state index in [9.17, 15) is 24.0 Å². The average Bonchev–Trinajstić information content (AvgIpc) is 3.13. The second kappa shape index (κ2) is 33.8. The quantitative estimate of drug-likeness (QED) is 0.0348. The van der Waals surface area contributed by atoms with Gasteiger partial charge in [-0.3, -0.25) is 24.0 Å². The first kappa shape index (κ1) is 50.3. The van der Waals surface area contributed by atoms with Crippen molar-refractivity contribution in [3.05, 3.63) is 0 Å². The van der Waals surface area contributed by atoms with Gasteiger partial charge in [0.05, 0.1) is 0 Å². The summed E-state index contributed by atoms with van der Waals surface area (Å²) >= 11 is 0. The van der Waals surface area contributed by atoms with Crippen LogP contribution >= 0.6 is 0 Å². The molecule has 0 saturated carbocycles. The first-order valence-corrected chi connectivity index (χ1v) is 21.1. The predicted octanol–water partition coefficient (Wildman–Crippen LogP) is 8.73. The molecule has 0 aromatic heterocycles. The molecule has 0 heterocycles. The number of likely N-dealkylation sites (N-methyl/N-ethyl adjacent to an activating group) is 1. The van der Waals surface area contributed by atoms with Gasteiger partial charge in [0, 0.05) is 32.2 Å². The van der Waals surface area contributed by atoms with E-state index >= 15 is 0 Å². The van der Waals surface area contributed by atoms with Crippen molar-refractivity contribution >= 4 is 29.8 Å². The third-order valence-electron chi connectivity index (χ3n) is 9.42. The van der Waals surface area contributed by atoms with Gasteiger partial charge in [-0.15, -0.1) is 0 Å². The van der Waals surface area contributed by atoms with Gasteiger partial charge in [0.1, 0.15) is 38.5 Å². The molecule has 0 aromatic carbocycles. The minimum absolute atomic E-state index is 0.116. The van der Waals surface area contributed by atoms with Crippen molar-refractivity contribution in [1.82, 2.24) is 9.80 Å². The normalized spacial score (nSPS) is 11.4. The van der Waals surface area contributed by atoms with Crippen molar-refractivity contribution in [2.24, 2.45) is 0 Å². The first-order valence-electron chi connectivity index (χ1n) is 21.1. The van der Waals surface area contributed by atoms with Gasteiger partial charge in [-0.2, -0.15) is 0 Å². The van der Waals surface area contributed by atoms with Crippen LogP contribution in [-0.4, -0.2) is 98.7 Å². The maximum atomic E-state index is 14.2. The number of esters is 4. The van der Waals surface area contributed by atoms with Crippen LogP contribution in [0.4, 0.5) is 0 Å². The summed E-state index contributed by atoms with van der Waals surface area (Å²) in [4.78, 5) is 70.0. The molecule has 0 spiro atoms. The Hall–Kier alpha value is -2.69. The highest BCUT2D eigenvalue weighted by Crippen LogP contribution is 2.24. The highest BCUT2D eigenvalue weighted by molar-refractivity contribution is 5.83. The molecule has 11 nitrogen and oxygen atoms in total. The summed E-state index contributed by atoms with van der Waals surface area (Å²) in [5.74, 6) is -2.42. The summed E-state index contributed by atoms with van der Waals surface area (Å²) in [6.07, 6.45) is 19.4. The molecule has 0 saturated heterocycles. The van der Waals surface area contributed by atoms with Crippen molar-refractivity contribution in [2.75, 3.05) is 53.6 Å². The summed E-state index contributed by atoms with van der Waals surface area (Å²) in [6, 6.07) is 0. The average molecular weight is 755 g/mol. The Morgan fingerprint density at radius 1 is 0.434 bits per heavy atom. The molecule has 11 heteroatoms. The van der Waals surface area contributed by atoms with E-state index in [1.807, 2.05) is 19.0 Å². The Morgan fingerprint density at radius 2 is 0.774 bits per heavy atom. The number of carbonyl (C=O) groups excluding carboxylic acids is 5. The summed E-state index contributed by atoms with van der Waals surface area (Å²) in [7, 11) is 3.73. The molecule has 0 radical (unpaired) electrons. The molecule has 0 bridgehead atoms. The van der Waals surface area contributed by atoms with Gasteiger partial charge in [-0.1, -0.05) is 130 Å². The van der Waals surface area contributed by atoms with E-state index in [1.165, 1.54) is 4.90 Å². The number of carbonyl (C=O) groups is 5. The van der Waals surface area contributed by atoms with Crippen molar-refractivity contribution in [1.29, 1.82) is 0 Å². The van der Waals surface area contributed by atoms with Crippen LogP contribution in [0.2, 0.25) is 0 Å².